The highest BCUT2D eigenvalue weighted by Gasteiger charge is 2.16. The molecule has 4 nitrogen and oxygen atoms in total. The molecule has 31 heavy (non-hydrogen) atoms. The maximum atomic E-state index is 12.9. The van der Waals surface area contributed by atoms with Gasteiger partial charge in [0.15, 0.2) is 5.78 Å². The number of hydrogen-bond donors (Lipinski definition) is 1. The number of benzene rings is 2. The molecule has 0 bridgehead atoms. The molecule has 0 aliphatic carbocycles. The SMILES string of the molecule is CCCN(CCC)CC(O)COc1ccc(C)cc1C(=O)CCc1ccc(Cl)cc1.Cl. The molecule has 0 aliphatic rings. The highest BCUT2D eigenvalue weighted by molar-refractivity contribution is 6.30. The van der Waals surface area contributed by atoms with Crippen LogP contribution in [0.1, 0.15) is 54.6 Å². The van der Waals surface area contributed by atoms with Crippen molar-refractivity contribution in [2.45, 2.75) is 52.6 Å². The van der Waals surface area contributed by atoms with E-state index in [2.05, 4.69) is 18.7 Å². The van der Waals surface area contributed by atoms with Gasteiger partial charge in [-0.05, 0) is 69.1 Å². The second-order valence-electron chi connectivity index (χ2n) is 7.81. The molecule has 2 aromatic rings. The van der Waals surface area contributed by atoms with Crippen LogP contribution in [0.2, 0.25) is 5.02 Å². The highest BCUT2D eigenvalue weighted by atomic mass is 35.5. The monoisotopic (exact) mass is 467 g/mol. The van der Waals surface area contributed by atoms with Crippen molar-refractivity contribution in [1.82, 2.24) is 4.90 Å². The van der Waals surface area contributed by atoms with Gasteiger partial charge in [0.25, 0.3) is 0 Å². The van der Waals surface area contributed by atoms with Gasteiger partial charge in [-0.15, -0.1) is 12.4 Å². The summed E-state index contributed by atoms with van der Waals surface area (Å²) in [6.07, 6.45) is 2.55. The van der Waals surface area contributed by atoms with Crippen molar-refractivity contribution in [2.24, 2.45) is 0 Å². The maximum absolute atomic E-state index is 12.9. The van der Waals surface area contributed by atoms with Gasteiger partial charge in [-0.1, -0.05) is 49.2 Å². The zero-order valence-corrected chi connectivity index (χ0v) is 20.3. The molecule has 0 radical (unpaired) electrons. The van der Waals surface area contributed by atoms with Crippen LogP contribution < -0.4 is 4.74 Å². The maximum Gasteiger partial charge on any atom is 0.166 e. The van der Waals surface area contributed by atoms with Gasteiger partial charge >= 0.3 is 0 Å². The summed E-state index contributed by atoms with van der Waals surface area (Å²) in [5, 5.41) is 11.1. The van der Waals surface area contributed by atoms with Crippen LogP contribution in [-0.2, 0) is 6.42 Å². The minimum atomic E-state index is -0.596. The van der Waals surface area contributed by atoms with Crippen LogP contribution in [0.15, 0.2) is 42.5 Å². The molecule has 1 unspecified atom stereocenters. The van der Waals surface area contributed by atoms with E-state index < -0.39 is 6.10 Å². The molecule has 0 aromatic heterocycles. The minimum absolute atomic E-state index is 0. The molecule has 0 saturated carbocycles. The second kappa shape index (κ2) is 14.5. The summed E-state index contributed by atoms with van der Waals surface area (Å²) in [6, 6.07) is 13.2. The zero-order valence-electron chi connectivity index (χ0n) is 18.8. The van der Waals surface area contributed by atoms with Crippen LogP contribution >= 0.6 is 24.0 Å². The van der Waals surface area contributed by atoms with Crippen molar-refractivity contribution in [2.75, 3.05) is 26.2 Å². The number of carbonyl (C=O) groups excluding carboxylic acids is 1. The second-order valence-corrected chi connectivity index (χ2v) is 8.25. The summed E-state index contributed by atoms with van der Waals surface area (Å²) in [7, 11) is 0. The first-order chi connectivity index (χ1) is 14.4. The number of ether oxygens (including phenoxy) is 1. The standard InChI is InChI=1S/C25H34ClNO3.ClH/c1-4-14-27(15-5-2)17-22(28)18-30-25-13-6-19(3)16-23(25)24(29)12-9-20-7-10-21(26)11-8-20;/h6-8,10-11,13,16,22,28H,4-5,9,12,14-15,17-18H2,1-3H3;1H. The Morgan fingerprint density at radius 3 is 2.35 bits per heavy atom. The molecule has 0 spiro atoms. The number of hydrogen-bond acceptors (Lipinski definition) is 4. The quantitative estimate of drug-likeness (QED) is 0.381. The first-order valence-electron chi connectivity index (χ1n) is 10.8. The van der Waals surface area contributed by atoms with E-state index >= 15 is 0 Å². The Morgan fingerprint density at radius 2 is 1.74 bits per heavy atom. The highest BCUT2D eigenvalue weighted by Crippen LogP contribution is 2.23. The van der Waals surface area contributed by atoms with E-state index in [0.717, 1.165) is 37.1 Å². The summed E-state index contributed by atoms with van der Waals surface area (Å²) < 4.78 is 5.89. The van der Waals surface area contributed by atoms with Crippen molar-refractivity contribution >= 4 is 29.8 Å². The lowest BCUT2D eigenvalue weighted by atomic mass is 10.0. The Bertz CT molecular complexity index is 790. The van der Waals surface area contributed by atoms with Gasteiger partial charge in [-0.2, -0.15) is 0 Å². The smallest absolute Gasteiger partial charge is 0.166 e. The molecule has 2 aromatic carbocycles. The zero-order chi connectivity index (χ0) is 21.9. The van der Waals surface area contributed by atoms with Crippen LogP contribution in [0.4, 0.5) is 0 Å². The molecule has 0 amide bonds. The van der Waals surface area contributed by atoms with Crippen molar-refractivity contribution in [1.29, 1.82) is 0 Å². The Morgan fingerprint density at radius 1 is 1.10 bits per heavy atom. The number of aryl methyl sites for hydroxylation is 2. The fraction of sp³-hybridized carbons (Fsp3) is 0.480. The number of ketones is 1. The third-order valence-corrected chi connectivity index (χ3v) is 5.22. The first kappa shape index (κ1) is 27.4. The number of halogens is 2. The minimum Gasteiger partial charge on any atom is -0.490 e. The first-order valence-corrected chi connectivity index (χ1v) is 11.2. The van der Waals surface area contributed by atoms with Gasteiger partial charge in [0, 0.05) is 18.0 Å². The van der Waals surface area contributed by atoms with E-state index in [-0.39, 0.29) is 24.8 Å². The Balaban J connectivity index is 0.00000480. The Hall–Kier alpha value is -1.59. The van der Waals surface area contributed by atoms with E-state index in [9.17, 15) is 9.90 Å². The number of rotatable bonds is 13. The molecule has 1 atom stereocenters. The van der Waals surface area contributed by atoms with Crippen LogP contribution in [-0.4, -0.2) is 48.1 Å². The summed E-state index contributed by atoms with van der Waals surface area (Å²) in [5.41, 5.74) is 2.66. The van der Waals surface area contributed by atoms with E-state index in [1.54, 1.807) is 0 Å². The molecule has 0 heterocycles. The van der Waals surface area contributed by atoms with Crippen LogP contribution in [0.3, 0.4) is 0 Å². The Labute approximate surface area is 198 Å². The number of aliphatic hydroxyl groups is 1. The normalized spacial score (nSPS) is 11.8. The van der Waals surface area contributed by atoms with Crippen LogP contribution in [0, 0.1) is 6.92 Å². The van der Waals surface area contributed by atoms with Crippen molar-refractivity contribution in [3.63, 3.8) is 0 Å². The summed E-state index contributed by atoms with van der Waals surface area (Å²) in [4.78, 5) is 15.1. The largest absolute Gasteiger partial charge is 0.490 e. The fourth-order valence-electron chi connectivity index (χ4n) is 3.49. The van der Waals surface area contributed by atoms with Gasteiger partial charge in [-0.25, -0.2) is 0 Å². The van der Waals surface area contributed by atoms with Gasteiger partial charge in [0.05, 0.1) is 5.56 Å². The molecule has 0 saturated heterocycles. The molecule has 0 aliphatic heterocycles. The molecule has 2 rings (SSSR count). The number of Topliss-reactive ketones (excluding diaryl/α,β-unsaturated/α-hetero) is 1. The lowest BCUT2D eigenvalue weighted by Gasteiger charge is -2.24. The van der Waals surface area contributed by atoms with E-state index in [1.165, 1.54) is 0 Å². The summed E-state index contributed by atoms with van der Waals surface area (Å²) in [6.45, 7) is 8.91. The van der Waals surface area contributed by atoms with Crippen molar-refractivity contribution in [3.8, 4) is 5.75 Å². The average Bonchev–Trinajstić information content (AvgIpc) is 2.72. The predicted molar refractivity (Wildman–Crippen MR) is 131 cm³/mol. The third-order valence-electron chi connectivity index (χ3n) is 4.97. The van der Waals surface area contributed by atoms with Crippen molar-refractivity contribution in [3.05, 3.63) is 64.2 Å². The van der Waals surface area contributed by atoms with Crippen LogP contribution in [0.5, 0.6) is 5.75 Å². The summed E-state index contributed by atoms with van der Waals surface area (Å²) >= 11 is 5.93. The molecular formula is C25H35Cl2NO3. The lowest BCUT2D eigenvalue weighted by molar-refractivity contribution is 0.0673. The number of nitrogens with zero attached hydrogens (tertiary/aromatic N) is 1. The number of carbonyl (C=O) groups is 1. The lowest BCUT2D eigenvalue weighted by Crippen LogP contribution is -2.36. The van der Waals surface area contributed by atoms with E-state index in [1.807, 2.05) is 49.4 Å². The Kier molecular flexibility index (Phi) is 12.8. The van der Waals surface area contributed by atoms with Gasteiger partial charge < -0.3 is 14.7 Å². The van der Waals surface area contributed by atoms with Gasteiger partial charge in [0.2, 0.25) is 0 Å². The van der Waals surface area contributed by atoms with Crippen LogP contribution in [0.25, 0.3) is 0 Å². The molecule has 1 N–H and O–H groups in total. The van der Waals surface area contributed by atoms with Crippen molar-refractivity contribution < 1.29 is 14.6 Å². The predicted octanol–water partition coefficient (Wildman–Crippen LogP) is 5.75. The average molecular weight is 468 g/mol. The molecule has 172 valence electrons. The molecule has 6 heteroatoms. The number of aliphatic hydroxyl groups excluding tert-OH is 1. The molecular weight excluding hydrogens is 433 g/mol. The van der Waals surface area contributed by atoms with E-state index in [0.29, 0.717) is 35.7 Å². The van der Waals surface area contributed by atoms with E-state index in [4.69, 9.17) is 16.3 Å². The topological polar surface area (TPSA) is 49.8 Å². The third kappa shape index (κ3) is 9.61. The van der Waals surface area contributed by atoms with Gasteiger partial charge in [-0.3, -0.25) is 4.79 Å². The van der Waals surface area contributed by atoms with Gasteiger partial charge in [0.1, 0.15) is 18.5 Å². The fourth-order valence-corrected chi connectivity index (χ4v) is 3.62. The summed E-state index contributed by atoms with van der Waals surface area (Å²) in [5.74, 6) is 0.579. The molecule has 0 fully saturated rings.